The second-order valence-electron chi connectivity index (χ2n) is 7.20. The zero-order valence-corrected chi connectivity index (χ0v) is 17.2. The Hall–Kier alpha value is -2.34. The fourth-order valence-electron chi connectivity index (χ4n) is 3.61. The number of halogens is 3. The molecule has 1 aliphatic heterocycles. The Morgan fingerprint density at radius 1 is 1.30 bits per heavy atom. The molecule has 1 atom stereocenters. The van der Waals surface area contributed by atoms with E-state index in [9.17, 15) is 26.4 Å². The van der Waals surface area contributed by atoms with Crippen LogP contribution in [0.5, 0.6) is 5.75 Å². The van der Waals surface area contributed by atoms with Crippen LogP contribution in [-0.4, -0.2) is 59.6 Å². The molecule has 1 aliphatic rings. The SMILES string of the molecule is COc1ccccc1-n1c(C[C@@H]2CCCN(S(=O)(=O)CCC(F)(F)F)C2)n[nH]c1=O. The van der Waals surface area contributed by atoms with Gasteiger partial charge in [0.25, 0.3) is 0 Å². The Morgan fingerprint density at radius 3 is 2.73 bits per heavy atom. The summed E-state index contributed by atoms with van der Waals surface area (Å²) in [6.07, 6.45) is -4.40. The van der Waals surface area contributed by atoms with Gasteiger partial charge in [-0.15, -0.1) is 0 Å². The lowest BCUT2D eigenvalue weighted by molar-refractivity contribution is -0.130. The van der Waals surface area contributed by atoms with E-state index in [1.807, 2.05) is 0 Å². The van der Waals surface area contributed by atoms with E-state index in [2.05, 4.69) is 10.2 Å². The molecule has 0 spiro atoms. The molecule has 1 fully saturated rings. The minimum Gasteiger partial charge on any atom is -0.495 e. The van der Waals surface area contributed by atoms with Crippen molar-refractivity contribution in [2.24, 2.45) is 5.92 Å². The third-order valence-electron chi connectivity index (χ3n) is 5.06. The Kier molecular flexibility index (Phi) is 6.56. The van der Waals surface area contributed by atoms with Gasteiger partial charge in [0.2, 0.25) is 10.0 Å². The lowest BCUT2D eigenvalue weighted by Crippen LogP contribution is -2.42. The number of aromatic nitrogens is 3. The first kappa shape index (κ1) is 22.3. The molecule has 0 amide bonds. The van der Waals surface area contributed by atoms with Crippen molar-refractivity contribution in [3.05, 3.63) is 40.6 Å². The van der Waals surface area contributed by atoms with Crippen molar-refractivity contribution in [2.45, 2.75) is 31.9 Å². The molecule has 1 aromatic carbocycles. The first-order valence-corrected chi connectivity index (χ1v) is 11.1. The average molecular weight is 448 g/mol. The largest absolute Gasteiger partial charge is 0.495 e. The van der Waals surface area contributed by atoms with Crippen molar-refractivity contribution in [2.75, 3.05) is 26.0 Å². The van der Waals surface area contributed by atoms with Gasteiger partial charge in [0.05, 0.1) is 25.0 Å². The van der Waals surface area contributed by atoms with Gasteiger partial charge in [-0.2, -0.15) is 18.3 Å². The molecule has 0 bridgehead atoms. The highest BCUT2D eigenvalue weighted by Crippen LogP contribution is 2.27. The maximum absolute atomic E-state index is 12.4. The summed E-state index contributed by atoms with van der Waals surface area (Å²) in [5.41, 5.74) is 0.0409. The van der Waals surface area contributed by atoms with E-state index < -0.39 is 34.1 Å². The van der Waals surface area contributed by atoms with Gasteiger partial charge in [0.1, 0.15) is 11.6 Å². The molecule has 0 radical (unpaired) electrons. The Balaban J connectivity index is 1.77. The number of benzene rings is 1. The number of hydrogen-bond acceptors (Lipinski definition) is 5. The Labute approximate surface area is 171 Å². The number of aromatic amines is 1. The highest BCUT2D eigenvalue weighted by molar-refractivity contribution is 7.89. The molecule has 166 valence electrons. The monoisotopic (exact) mass is 448 g/mol. The van der Waals surface area contributed by atoms with Gasteiger partial charge in [0, 0.05) is 19.5 Å². The lowest BCUT2D eigenvalue weighted by atomic mass is 9.96. The molecule has 2 heterocycles. The van der Waals surface area contributed by atoms with Crippen LogP contribution < -0.4 is 10.4 Å². The van der Waals surface area contributed by atoms with Gasteiger partial charge in [-0.25, -0.2) is 27.2 Å². The maximum atomic E-state index is 12.4. The molecule has 0 saturated carbocycles. The van der Waals surface area contributed by atoms with Gasteiger partial charge < -0.3 is 4.74 Å². The first-order chi connectivity index (χ1) is 14.1. The third kappa shape index (κ3) is 5.22. The van der Waals surface area contributed by atoms with Gasteiger partial charge in [0.15, 0.2) is 0 Å². The smallest absolute Gasteiger partial charge is 0.390 e. The predicted octanol–water partition coefficient (Wildman–Crippen LogP) is 2.11. The van der Waals surface area contributed by atoms with Crippen LogP contribution in [0.1, 0.15) is 25.1 Å². The van der Waals surface area contributed by atoms with Crippen LogP contribution in [0, 0.1) is 5.92 Å². The minimum absolute atomic E-state index is 0.0904. The number of nitrogens with one attached hydrogen (secondary N) is 1. The van der Waals surface area contributed by atoms with Crippen molar-refractivity contribution in [3.8, 4) is 11.4 Å². The summed E-state index contributed by atoms with van der Waals surface area (Å²) in [6.45, 7) is 0.281. The number of ether oxygens (including phenoxy) is 1. The molecule has 0 aliphatic carbocycles. The maximum Gasteiger partial charge on any atom is 0.390 e. The van der Waals surface area contributed by atoms with Crippen LogP contribution >= 0.6 is 0 Å². The van der Waals surface area contributed by atoms with Crippen molar-refractivity contribution in [1.82, 2.24) is 19.1 Å². The molecule has 8 nitrogen and oxygen atoms in total. The predicted molar refractivity (Wildman–Crippen MR) is 103 cm³/mol. The topological polar surface area (TPSA) is 97.3 Å². The Bertz CT molecular complexity index is 1030. The summed E-state index contributed by atoms with van der Waals surface area (Å²) < 4.78 is 69.8. The second kappa shape index (κ2) is 8.80. The Morgan fingerprint density at radius 2 is 2.03 bits per heavy atom. The van der Waals surface area contributed by atoms with Crippen LogP contribution in [-0.2, 0) is 16.4 Å². The number of alkyl halides is 3. The van der Waals surface area contributed by atoms with E-state index in [1.165, 1.54) is 11.7 Å². The van der Waals surface area contributed by atoms with E-state index in [1.54, 1.807) is 24.3 Å². The highest BCUT2D eigenvalue weighted by Gasteiger charge is 2.35. The number of para-hydroxylation sites is 2. The molecule has 3 rings (SSSR count). The first-order valence-electron chi connectivity index (χ1n) is 9.45. The molecule has 2 aromatic rings. The molecular formula is C18H23F3N4O4S. The lowest BCUT2D eigenvalue weighted by Gasteiger charge is -2.32. The number of H-pyrrole nitrogens is 1. The molecule has 1 aromatic heterocycles. The number of hydrogen-bond donors (Lipinski definition) is 1. The molecule has 12 heteroatoms. The number of rotatable bonds is 7. The van der Waals surface area contributed by atoms with Crippen molar-refractivity contribution >= 4 is 10.0 Å². The minimum atomic E-state index is -4.53. The summed E-state index contributed by atoms with van der Waals surface area (Å²) in [4.78, 5) is 12.3. The fraction of sp³-hybridized carbons (Fsp3) is 0.556. The third-order valence-corrected chi connectivity index (χ3v) is 6.90. The van der Waals surface area contributed by atoms with E-state index in [0.717, 1.165) is 4.31 Å². The summed E-state index contributed by atoms with van der Waals surface area (Å²) in [6, 6.07) is 6.91. The van der Waals surface area contributed by atoms with Crippen LogP contribution in [0.2, 0.25) is 0 Å². The normalized spacial score (nSPS) is 18.5. The molecule has 1 saturated heterocycles. The number of piperidine rings is 1. The van der Waals surface area contributed by atoms with Crippen LogP contribution in [0.15, 0.2) is 29.1 Å². The number of sulfonamides is 1. The van der Waals surface area contributed by atoms with Crippen LogP contribution in [0.3, 0.4) is 0 Å². The zero-order valence-electron chi connectivity index (χ0n) is 16.4. The van der Waals surface area contributed by atoms with Crippen LogP contribution in [0.4, 0.5) is 13.2 Å². The zero-order chi connectivity index (χ0) is 21.9. The molecule has 1 N–H and O–H groups in total. The van der Waals surface area contributed by atoms with E-state index in [-0.39, 0.29) is 19.0 Å². The number of nitrogens with zero attached hydrogens (tertiary/aromatic N) is 3. The van der Waals surface area contributed by atoms with Gasteiger partial charge in [-0.1, -0.05) is 12.1 Å². The quantitative estimate of drug-likeness (QED) is 0.700. The van der Waals surface area contributed by atoms with E-state index in [4.69, 9.17) is 4.74 Å². The standard InChI is InChI=1S/C18H23F3N4O4S/c1-29-15-7-3-2-6-14(15)25-16(22-23-17(25)26)11-13-5-4-9-24(12-13)30(27,28)10-8-18(19,20)21/h2-3,6-7,13H,4-5,8-12H2,1H3,(H,23,26)/t13-/m0/s1. The summed E-state index contributed by atoms with van der Waals surface area (Å²) in [5.74, 6) is -0.258. The van der Waals surface area contributed by atoms with Crippen molar-refractivity contribution in [1.29, 1.82) is 0 Å². The summed E-state index contributed by atoms with van der Waals surface area (Å²) >= 11 is 0. The van der Waals surface area contributed by atoms with Crippen molar-refractivity contribution < 1.29 is 26.3 Å². The second-order valence-corrected chi connectivity index (χ2v) is 9.29. The molecular weight excluding hydrogens is 425 g/mol. The van der Waals surface area contributed by atoms with Crippen LogP contribution in [0.25, 0.3) is 5.69 Å². The summed E-state index contributed by atoms with van der Waals surface area (Å²) in [5, 5.41) is 6.47. The fourth-order valence-corrected chi connectivity index (χ4v) is 5.20. The van der Waals surface area contributed by atoms with Gasteiger partial charge in [-0.3, -0.25) is 0 Å². The highest BCUT2D eigenvalue weighted by atomic mass is 32.2. The van der Waals surface area contributed by atoms with Gasteiger partial charge in [-0.05, 0) is 30.9 Å². The van der Waals surface area contributed by atoms with E-state index >= 15 is 0 Å². The van der Waals surface area contributed by atoms with E-state index in [0.29, 0.717) is 36.5 Å². The molecule has 0 unspecified atom stereocenters. The summed E-state index contributed by atoms with van der Waals surface area (Å²) in [7, 11) is -2.53. The molecule has 30 heavy (non-hydrogen) atoms. The van der Waals surface area contributed by atoms with Gasteiger partial charge >= 0.3 is 11.9 Å². The number of methoxy groups -OCH3 is 1. The van der Waals surface area contributed by atoms with Crippen molar-refractivity contribution in [3.63, 3.8) is 0 Å². The average Bonchev–Trinajstić information content (AvgIpc) is 3.06.